The molecule has 0 bridgehead atoms. The molecule has 2 aromatic rings. The number of nitrogens with two attached hydrogens (primary N) is 1. The summed E-state index contributed by atoms with van der Waals surface area (Å²) < 4.78 is 13.1. The largest absolute Gasteiger partial charge is 0.348 e. The van der Waals surface area contributed by atoms with Gasteiger partial charge in [-0.3, -0.25) is 4.79 Å². The van der Waals surface area contributed by atoms with E-state index in [-0.39, 0.29) is 24.2 Å². The van der Waals surface area contributed by atoms with E-state index in [0.717, 1.165) is 6.42 Å². The standard InChI is InChI=1S/C14H19FN4O/c1-3-8(2)13(16)14(20)17-7-12-18-10-5-4-9(15)6-11(10)19-12/h4-6,8,13H,3,7,16H2,1-2H3,(H,17,20)(H,18,19)/t8-,13-/m0/s1. The normalized spacial score (nSPS) is 14.2. The Bertz CT molecular complexity index is 610. The van der Waals surface area contributed by atoms with Crippen molar-refractivity contribution in [2.45, 2.75) is 32.9 Å². The Kier molecular flexibility index (Phi) is 4.34. The smallest absolute Gasteiger partial charge is 0.237 e. The van der Waals surface area contributed by atoms with Gasteiger partial charge in [0, 0.05) is 0 Å². The summed E-state index contributed by atoms with van der Waals surface area (Å²) in [5, 5.41) is 2.74. The van der Waals surface area contributed by atoms with E-state index in [0.29, 0.717) is 16.9 Å². The van der Waals surface area contributed by atoms with E-state index in [1.54, 1.807) is 6.07 Å². The lowest BCUT2D eigenvalue weighted by Crippen LogP contribution is -2.44. The van der Waals surface area contributed by atoms with Crippen molar-refractivity contribution in [1.82, 2.24) is 15.3 Å². The SMILES string of the molecule is CC[C@H](C)[C@H](N)C(=O)NCc1nc2ccc(F)cc2[nH]1. The second-order valence-electron chi connectivity index (χ2n) is 4.97. The van der Waals surface area contributed by atoms with Crippen LogP contribution in [0.5, 0.6) is 0 Å². The molecule has 2 atom stereocenters. The molecule has 0 aliphatic rings. The molecule has 108 valence electrons. The van der Waals surface area contributed by atoms with Gasteiger partial charge in [-0.1, -0.05) is 20.3 Å². The maximum absolute atomic E-state index is 13.1. The zero-order valence-electron chi connectivity index (χ0n) is 11.6. The minimum absolute atomic E-state index is 0.125. The Morgan fingerprint density at radius 2 is 2.30 bits per heavy atom. The molecule has 2 rings (SSSR count). The Hall–Kier alpha value is -1.95. The molecule has 1 amide bonds. The minimum atomic E-state index is -0.526. The van der Waals surface area contributed by atoms with E-state index in [1.807, 2.05) is 13.8 Å². The van der Waals surface area contributed by atoms with Crippen molar-refractivity contribution in [3.63, 3.8) is 0 Å². The maximum atomic E-state index is 13.1. The van der Waals surface area contributed by atoms with Crippen molar-refractivity contribution in [2.75, 3.05) is 0 Å². The van der Waals surface area contributed by atoms with Gasteiger partial charge in [0.15, 0.2) is 0 Å². The van der Waals surface area contributed by atoms with Crippen molar-refractivity contribution >= 4 is 16.9 Å². The van der Waals surface area contributed by atoms with Crippen LogP contribution in [0.1, 0.15) is 26.1 Å². The van der Waals surface area contributed by atoms with E-state index >= 15 is 0 Å². The number of aromatic nitrogens is 2. The van der Waals surface area contributed by atoms with Crippen LogP contribution in [0.15, 0.2) is 18.2 Å². The molecule has 0 unspecified atom stereocenters. The molecular formula is C14H19FN4O. The molecule has 6 heteroatoms. The van der Waals surface area contributed by atoms with Crippen LogP contribution < -0.4 is 11.1 Å². The first kappa shape index (κ1) is 14.5. The monoisotopic (exact) mass is 278 g/mol. The predicted octanol–water partition coefficient (Wildman–Crippen LogP) is 1.69. The minimum Gasteiger partial charge on any atom is -0.348 e. The molecule has 4 N–H and O–H groups in total. The molecule has 0 fully saturated rings. The molecule has 0 saturated carbocycles. The van der Waals surface area contributed by atoms with Crippen molar-refractivity contribution in [1.29, 1.82) is 0 Å². The number of nitrogens with zero attached hydrogens (tertiary/aromatic N) is 1. The second-order valence-corrected chi connectivity index (χ2v) is 4.97. The molecule has 0 aliphatic heterocycles. The summed E-state index contributed by atoms with van der Waals surface area (Å²) in [4.78, 5) is 19.1. The lowest BCUT2D eigenvalue weighted by molar-refractivity contribution is -0.123. The average Bonchev–Trinajstić information content (AvgIpc) is 2.84. The number of rotatable bonds is 5. The van der Waals surface area contributed by atoms with Gasteiger partial charge in [0.05, 0.1) is 23.6 Å². The molecule has 20 heavy (non-hydrogen) atoms. The zero-order chi connectivity index (χ0) is 14.7. The number of hydrogen-bond acceptors (Lipinski definition) is 3. The summed E-state index contributed by atoms with van der Waals surface area (Å²) in [5.41, 5.74) is 7.12. The van der Waals surface area contributed by atoms with Gasteiger partial charge >= 0.3 is 0 Å². The fraction of sp³-hybridized carbons (Fsp3) is 0.429. The van der Waals surface area contributed by atoms with Crippen LogP contribution in [0.25, 0.3) is 11.0 Å². The van der Waals surface area contributed by atoms with E-state index in [4.69, 9.17) is 5.73 Å². The number of imidazole rings is 1. The van der Waals surface area contributed by atoms with Gasteiger partial charge in [-0.05, 0) is 24.1 Å². The van der Waals surface area contributed by atoms with Crippen LogP contribution in [0.3, 0.4) is 0 Å². The second kappa shape index (κ2) is 6.00. The molecule has 5 nitrogen and oxygen atoms in total. The third-order valence-corrected chi connectivity index (χ3v) is 3.48. The van der Waals surface area contributed by atoms with Crippen LogP contribution in [0.2, 0.25) is 0 Å². The lowest BCUT2D eigenvalue weighted by Gasteiger charge is -2.17. The Labute approximate surface area is 116 Å². The molecule has 1 aromatic carbocycles. The number of amides is 1. The van der Waals surface area contributed by atoms with Gasteiger partial charge in [-0.2, -0.15) is 0 Å². The Morgan fingerprint density at radius 3 is 3.00 bits per heavy atom. The first-order valence-electron chi connectivity index (χ1n) is 6.68. The third kappa shape index (κ3) is 3.14. The highest BCUT2D eigenvalue weighted by atomic mass is 19.1. The summed E-state index contributed by atoms with van der Waals surface area (Å²) in [6.07, 6.45) is 0.846. The van der Waals surface area contributed by atoms with Crippen molar-refractivity contribution < 1.29 is 9.18 Å². The van der Waals surface area contributed by atoms with Crippen molar-refractivity contribution in [3.05, 3.63) is 29.8 Å². The number of fused-ring (bicyclic) bond motifs is 1. The molecule has 1 aromatic heterocycles. The number of carbonyl (C=O) groups is 1. The van der Waals surface area contributed by atoms with E-state index in [1.165, 1.54) is 12.1 Å². The number of hydrogen-bond donors (Lipinski definition) is 3. The number of aromatic amines is 1. The van der Waals surface area contributed by atoms with Gasteiger partial charge in [-0.15, -0.1) is 0 Å². The summed E-state index contributed by atoms with van der Waals surface area (Å²) in [5.74, 6) is 0.177. The van der Waals surface area contributed by atoms with Gasteiger partial charge in [0.25, 0.3) is 0 Å². The Morgan fingerprint density at radius 1 is 1.55 bits per heavy atom. The fourth-order valence-electron chi connectivity index (χ4n) is 1.92. The maximum Gasteiger partial charge on any atom is 0.237 e. The summed E-state index contributed by atoms with van der Waals surface area (Å²) in [7, 11) is 0. The van der Waals surface area contributed by atoms with Crippen LogP contribution in [0.4, 0.5) is 4.39 Å². The molecule has 1 heterocycles. The average molecular weight is 278 g/mol. The lowest BCUT2D eigenvalue weighted by atomic mass is 9.99. The molecule has 0 saturated heterocycles. The van der Waals surface area contributed by atoms with Gasteiger partial charge in [0.1, 0.15) is 11.6 Å². The molecular weight excluding hydrogens is 259 g/mol. The van der Waals surface area contributed by atoms with Gasteiger partial charge in [-0.25, -0.2) is 9.37 Å². The van der Waals surface area contributed by atoms with Gasteiger partial charge < -0.3 is 16.0 Å². The summed E-state index contributed by atoms with van der Waals surface area (Å²) in [6.45, 7) is 4.18. The van der Waals surface area contributed by atoms with Crippen LogP contribution in [-0.2, 0) is 11.3 Å². The predicted molar refractivity (Wildman–Crippen MR) is 75.3 cm³/mol. The first-order valence-corrected chi connectivity index (χ1v) is 6.68. The number of benzene rings is 1. The number of nitrogens with one attached hydrogen (secondary N) is 2. The number of halogens is 1. The first-order chi connectivity index (χ1) is 9.51. The quantitative estimate of drug-likeness (QED) is 0.778. The number of carbonyl (C=O) groups excluding carboxylic acids is 1. The summed E-state index contributed by atoms with van der Waals surface area (Å²) >= 11 is 0. The molecule has 0 aliphatic carbocycles. The van der Waals surface area contributed by atoms with E-state index in [9.17, 15) is 9.18 Å². The summed E-state index contributed by atoms with van der Waals surface area (Å²) in [6, 6.07) is 3.79. The molecule has 0 radical (unpaired) electrons. The fourth-order valence-corrected chi connectivity index (χ4v) is 1.92. The van der Waals surface area contributed by atoms with Crippen LogP contribution in [-0.4, -0.2) is 21.9 Å². The molecule has 0 spiro atoms. The highest BCUT2D eigenvalue weighted by molar-refractivity contribution is 5.81. The number of H-pyrrole nitrogens is 1. The van der Waals surface area contributed by atoms with Crippen LogP contribution >= 0.6 is 0 Å². The third-order valence-electron chi connectivity index (χ3n) is 3.48. The van der Waals surface area contributed by atoms with Crippen molar-refractivity contribution in [2.24, 2.45) is 11.7 Å². The highest BCUT2D eigenvalue weighted by Crippen LogP contribution is 2.13. The van der Waals surface area contributed by atoms with E-state index < -0.39 is 6.04 Å². The topological polar surface area (TPSA) is 83.8 Å². The zero-order valence-corrected chi connectivity index (χ0v) is 11.6. The van der Waals surface area contributed by atoms with E-state index in [2.05, 4.69) is 15.3 Å². The Balaban J connectivity index is 2.00. The van der Waals surface area contributed by atoms with Gasteiger partial charge in [0.2, 0.25) is 5.91 Å². The van der Waals surface area contributed by atoms with Crippen molar-refractivity contribution in [3.8, 4) is 0 Å². The van der Waals surface area contributed by atoms with Crippen LogP contribution in [0, 0.1) is 11.7 Å². The highest BCUT2D eigenvalue weighted by Gasteiger charge is 2.19.